The number of nitrogens with one attached hydrogen (secondary N) is 1. The molecular formula is C14H21NO2. The number of rotatable bonds is 5. The highest BCUT2D eigenvalue weighted by molar-refractivity contribution is 5.27. The van der Waals surface area contributed by atoms with Crippen molar-refractivity contribution in [2.24, 2.45) is 0 Å². The molecule has 1 N–H and O–H groups in total. The summed E-state index contributed by atoms with van der Waals surface area (Å²) in [4.78, 5) is 0. The molecule has 1 aliphatic heterocycles. The molecular weight excluding hydrogens is 214 g/mol. The second-order valence-electron chi connectivity index (χ2n) is 4.52. The molecule has 3 nitrogen and oxygen atoms in total. The van der Waals surface area contributed by atoms with E-state index in [1.165, 1.54) is 11.1 Å². The molecule has 0 bridgehead atoms. The van der Waals surface area contributed by atoms with Gasteiger partial charge in [-0.2, -0.15) is 0 Å². The summed E-state index contributed by atoms with van der Waals surface area (Å²) in [6.45, 7) is 6.08. The highest BCUT2D eigenvalue weighted by atomic mass is 16.5. The average molecular weight is 235 g/mol. The molecule has 0 spiro atoms. The zero-order valence-electron chi connectivity index (χ0n) is 10.7. The first-order valence-electron chi connectivity index (χ1n) is 6.41. The van der Waals surface area contributed by atoms with Crippen molar-refractivity contribution in [1.82, 2.24) is 5.32 Å². The van der Waals surface area contributed by atoms with Crippen molar-refractivity contribution >= 4 is 0 Å². The highest BCUT2D eigenvalue weighted by Gasteiger charge is 2.22. The lowest BCUT2D eigenvalue weighted by Crippen LogP contribution is -2.25. The SMILES string of the molecule is CCCNC(C1=COCCC1)c1occc1C. The molecule has 1 atom stereocenters. The van der Waals surface area contributed by atoms with Crippen LogP contribution in [0.5, 0.6) is 0 Å². The second-order valence-corrected chi connectivity index (χ2v) is 4.52. The molecule has 0 saturated heterocycles. The van der Waals surface area contributed by atoms with Crippen LogP contribution in [0.15, 0.2) is 28.6 Å². The second kappa shape index (κ2) is 5.92. The van der Waals surface area contributed by atoms with Crippen molar-refractivity contribution in [3.8, 4) is 0 Å². The Morgan fingerprint density at radius 2 is 2.35 bits per heavy atom. The molecule has 0 aromatic carbocycles. The topological polar surface area (TPSA) is 34.4 Å². The highest BCUT2D eigenvalue weighted by Crippen LogP contribution is 2.30. The minimum atomic E-state index is 0.172. The van der Waals surface area contributed by atoms with E-state index in [1.807, 2.05) is 12.3 Å². The normalized spacial score (nSPS) is 17.4. The molecule has 2 rings (SSSR count). The van der Waals surface area contributed by atoms with Crippen molar-refractivity contribution in [1.29, 1.82) is 0 Å². The van der Waals surface area contributed by atoms with Crippen LogP contribution in [0.4, 0.5) is 0 Å². The van der Waals surface area contributed by atoms with E-state index in [-0.39, 0.29) is 6.04 Å². The van der Waals surface area contributed by atoms with Gasteiger partial charge in [0.05, 0.1) is 25.2 Å². The van der Waals surface area contributed by atoms with Crippen LogP contribution in [0.1, 0.15) is 43.6 Å². The summed E-state index contributed by atoms with van der Waals surface area (Å²) >= 11 is 0. The Bertz CT molecular complexity index is 381. The number of hydrogen-bond acceptors (Lipinski definition) is 3. The predicted molar refractivity (Wildman–Crippen MR) is 67.7 cm³/mol. The Labute approximate surface area is 103 Å². The van der Waals surface area contributed by atoms with E-state index in [2.05, 4.69) is 19.2 Å². The molecule has 0 radical (unpaired) electrons. The van der Waals surface area contributed by atoms with Gasteiger partial charge < -0.3 is 14.5 Å². The standard InChI is InChI=1S/C14H21NO2/c1-3-7-15-13(12-5-4-8-16-10-12)14-11(2)6-9-17-14/h6,9-10,13,15H,3-5,7-8H2,1-2H3. The van der Waals surface area contributed by atoms with Crippen LogP contribution in [0, 0.1) is 6.92 Å². The molecule has 2 heterocycles. The minimum absolute atomic E-state index is 0.172. The molecule has 1 unspecified atom stereocenters. The zero-order chi connectivity index (χ0) is 12.1. The fourth-order valence-electron chi connectivity index (χ4n) is 2.16. The quantitative estimate of drug-likeness (QED) is 0.850. The van der Waals surface area contributed by atoms with E-state index < -0.39 is 0 Å². The Morgan fingerprint density at radius 3 is 2.94 bits per heavy atom. The maximum Gasteiger partial charge on any atom is 0.127 e. The van der Waals surface area contributed by atoms with Gasteiger partial charge in [0.15, 0.2) is 0 Å². The van der Waals surface area contributed by atoms with Crippen LogP contribution < -0.4 is 5.32 Å². The third-order valence-electron chi connectivity index (χ3n) is 3.10. The molecule has 94 valence electrons. The van der Waals surface area contributed by atoms with Crippen LogP contribution in [-0.4, -0.2) is 13.2 Å². The van der Waals surface area contributed by atoms with Crippen molar-refractivity contribution < 1.29 is 9.15 Å². The summed E-state index contributed by atoms with van der Waals surface area (Å²) in [5.41, 5.74) is 2.49. The van der Waals surface area contributed by atoms with Gasteiger partial charge in [0, 0.05) is 0 Å². The van der Waals surface area contributed by atoms with Crippen molar-refractivity contribution in [3.05, 3.63) is 35.5 Å². The number of aryl methyl sites for hydroxylation is 1. The monoisotopic (exact) mass is 235 g/mol. The minimum Gasteiger partial charge on any atom is -0.501 e. The van der Waals surface area contributed by atoms with Gasteiger partial charge in [-0.25, -0.2) is 0 Å². The van der Waals surface area contributed by atoms with E-state index >= 15 is 0 Å². The largest absolute Gasteiger partial charge is 0.501 e. The number of furan rings is 1. The Hall–Kier alpha value is -1.22. The molecule has 0 amide bonds. The predicted octanol–water partition coefficient (Wildman–Crippen LogP) is 3.32. The summed E-state index contributed by atoms with van der Waals surface area (Å²) in [6, 6.07) is 2.19. The molecule has 0 fully saturated rings. The van der Waals surface area contributed by atoms with Crippen LogP contribution in [-0.2, 0) is 4.74 Å². The number of ether oxygens (including phenoxy) is 1. The molecule has 0 saturated carbocycles. The van der Waals surface area contributed by atoms with Crippen LogP contribution in [0.2, 0.25) is 0 Å². The summed E-state index contributed by atoms with van der Waals surface area (Å²) in [5.74, 6) is 1.02. The molecule has 1 aromatic rings. The van der Waals surface area contributed by atoms with E-state index in [1.54, 1.807) is 6.26 Å². The van der Waals surface area contributed by atoms with Gasteiger partial charge in [-0.1, -0.05) is 6.92 Å². The summed E-state index contributed by atoms with van der Waals surface area (Å²) in [6.07, 6.45) is 6.95. The van der Waals surface area contributed by atoms with Gasteiger partial charge in [0.2, 0.25) is 0 Å². The lowest BCUT2D eigenvalue weighted by Gasteiger charge is -2.23. The number of hydrogen-bond donors (Lipinski definition) is 1. The summed E-state index contributed by atoms with van der Waals surface area (Å²) in [7, 11) is 0. The van der Waals surface area contributed by atoms with Crippen LogP contribution in [0.25, 0.3) is 0 Å². The lowest BCUT2D eigenvalue weighted by atomic mass is 9.98. The van der Waals surface area contributed by atoms with E-state index in [4.69, 9.17) is 9.15 Å². The van der Waals surface area contributed by atoms with Crippen LogP contribution >= 0.6 is 0 Å². The van der Waals surface area contributed by atoms with Gasteiger partial charge in [0.1, 0.15) is 5.76 Å². The summed E-state index contributed by atoms with van der Waals surface area (Å²) < 4.78 is 11.1. The molecule has 3 heteroatoms. The maximum absolute atomic E-state index is 5.62. The first kappa shape index (κ1) is 12.2. The first-order chi connectivity index (χ1) is 8.33. The van der Waals surface area contributed by atoms with E-state index in [9.17, 15) is 0 Å². The molecule has 1 aliphatic rings. The first-order valence-corrected chi connectivity index (χ1v) is 6.41. The van der Waals surface area contributed by atoms with Gasteiger partial charge in [-0.15, -0.1) is 0 Å². The Balaban J connectivity index is 2.18. The molecule has 0 aliphatic carbocycles. The fourth-order valence-corrected chi connectivity index (χ4v) is 2.16. The van der Waals surface area contributed by atoms with Gasteiger partial charge >= 0.3 is 0 Å². The van der Waals surface area contributed by atoms with E-state index in [0.29, 0.717) is 0 Å². The Morgan fingerprint density at radius 1 is 1.47 bits per heavy atom. The third kappa shape index (κ3) is 2.91. The maximum atomic E-state index is 5.62. The van der Waals surface area contributed by atoms with Gasteiger partial charge in [0.25, 0.3) is 0 Å². The van der Waals surface area contributed by atoms with Gasteiger partial charge in [-0.3, -0.25) is 0 Å². The van der Waals surface area contributed by atoms with Crippen molar-refractivity contribution in [2.45, 2.75) is 39.2 Å². The van der Waals surface area contributed by atoms with E-state index in [0.717, 1.165) is 38.2 Å². The fraction of sp³-hybridized carbons (Fsp3) is 0.571. The van der Waals surface area contributed by atoms with Crippen molar-refractivity contribution in [3.63, 3.8) is 0 Å². The smallest absolute Gasteiger partial charge is 0.127 e. The van der Waals surface area contributed by atoms with Crippen LogP contribution in [0.3, 0.4) is 0 Å². The average Bonchev–Trinajstić information content (AvgIpc) is 2.78. The van der Waals surface area contributed by atoms with Crippen molar-refractivity contribution in [2.75, 3.05) is 13.2 Å². The third-order valence-corrected chi connectivity index (χ3v) is 3.10. The Kier molecular flexibility index (Phi) is 4.26. The molecule has 17 heavy (non-hydrogen) atoms. The molecule has 1 aromatic heterocycles. The zero-order valence-corrected chi connectivity index (χ0v) is 10.7. The summed E-state index contributed by atoms with van der Waals surface area (Å²) in [5, 5.41) is 3.54. The van der Waals surface area contributed by atoms with Gasteiger partial charge in [-0.05, 0) is 49.9 Å². The lowest BCUT2D eigenvalue weighted by molar-refractivity contribution is 0.217.